The van der Waals surface area contributed by atoms with Crippen molar-refractivity contribution in [2.45, 2.75) is 24.8 Å². The molecule has 0 bridgehead atoms. The molecule has 0 saturated carbocycles. The van der Waals surface area contributed by atoms with E-state index in [2.05, 4.69) is 12.1 Å². The van der Waals surface area contributed by atoms with Gasteiger partial charge in [0.2, 0.25) is 0 Å². The summed E-state index contributed by atoms with van der Waals surface area (Å²) in [4.78, 5) is 1.22. The Morgan fingerprint density at radius 2 is 1.75 bits per heavy atom. The van der Waals surface area contributed by atoms with Gasteiger partial charge >= 0.3 is 0 Å². The van der Waals surface area contributed by atoms with Gasteiger partial charge < -0.3 is 10.2 Å². The Kier molecular flexibility index (Phi) is 5.88. The van der Waals surface area contributed by atoms with Crippen LogP contribution >= 0.6 is 11.8 Å². The van der Waals surface area contributed by atoms with E-state index in [9.17, 15) is 5.11 Å². The topological polar surface area (TPSA) is 40.5 Å². The maximum Gasteiger partial charge on any atom is 0.0621 e. The second-order valence-electron chi connectivity index (χ2n) is 4.25. The quantitative estimate of drug-likeness (QED) is 0.750. The average molecular weight is 240 g/mol. The molecule has 0 aliphatic carbocycles. The van der Waals surface area contributed by atoms with Crippen LogP contribution in [0.4, 0.5) is 0 Å². The molecular weight excluding hydrogens is 220 g/mol. The lowest BCUT2D eigenvalue weighted by Gasteiger charge is -2.23. The van der Waals surface area contributed by atoms with Gasteiger partial charge in [0, 0.05) is 23.2 Å². The predicted octanol–water partition coefficient (Wildman–Crippen LogP) is 2.40. The largest absolute Gasteiger partial charge is 0.396 e. The molecule has 1 rings (SSSR count). The number of rotatable bonds is 6. The Bertz CT molecular complexity index is 289. The lowest BCUT2D eigenvalue weighted by atomic mass is 9.96. The zero-order valence-corrected chi connectivity index (χ0v) is 10.7. The van der Waals surface area contributed by atoms with Crippen molar-refractivity contribution >= 4 is 11.8 Å². The van der Waals surface area contributed by atoms with Crippen molar-refractivity contribution in [2.24, 2.45) is 11.8 Å². The molecule has 0 heterocycles. The molecule has 16 heavy (non-hydrogen) atoms. The third-order valence-corrected chi connectivity index (χ3v) is 4.01. The molecule has 0 aliphatic heterocycles. The molecule has 0 unspecified atom stereocenters. The second kappa shape index (κ2) is 6.94. The molecule has 1 aromatic rings. The number of thioether (sulfide) groups is 1. The van der Waals surface area contributed by atoms with Crippen molar-refractivity contribution in [3.63, 3.8) is 0 Å². The van der Waals surface area contributed by atoms with Gasteiger partial charge in [0.25, 0.3) is 0 Å². The van der Waals surface area contributed by atoms with Gasteiger partial charge in [-0.15, -0.1) is 11.8 Å². The summed E-state index contributed by atoms with van der Waals surface area (Å²) in [7, 11) is 0. The van der Waals surface area contributed by atoms with Crippen molar-refractivity contribution in [2.75, 3.05) is 12.4 Å². The molecule has 0 radical (unpaired) electrons. The van der Waals surface area contributed by atoms with E-state index < -0.39 is 6.10 Å². The summed E-state index contributed by atoms with van der Waals surface area (Å²) in [5.74, 6) is 1.01. The molecule has 3 atom stereocenters. The van der Waals surface area contributed by atoms with Crippen LogP contribution in [0.3, 0.4) is 0 Å². The lowest BCUT2D eigenvalue weighted by Crippen LogP contribution is -2.29. The number of benzene rings is 1. The van der Waals surface area contributed by atoms with Crippen LogP contribution in [0.2, 0.25) is 0 Å². The van der Waals surface area contributed by atoms with Gasteiger partial charge in [-0.25, -0.2) is 0 Å². The van der Waals surface area contributed by atoms with Crippen LogP contribution in [-0.2, 0) is 0 Å². The van der Waals surface area contributed by atoms with Crippen LogP contribution in [-0.4, -0.2) is 28.7 Å². The molecule has 0 spiro atoms. The summed E-state index contributed by atoms with van der Waals surface area (Å²) in [6.07, 6.45) is -0.429. The van der Waals surface area contributed by atoms with Crippen molar-refractivity contribution < 1.29 is 10.2 Å². The first-order chi connectivity index (χ1) is 7.65. The molecule has 3 heteroatoms. The van der Waals surface area contributed by atoms with Gasteiger partial charge in [-0.3, -0.25) is 0 Å². The van der Waals surface area contributed by atoms with Gasteiger partial charge in [-0.1, -0.05) is 32.0 Å². The summed E-state index contributed by atoms with van der Waals surface area (Å²) < 4.78 is 0. The fourth-order valence-corrected chi connectivity index (χ4v) is 2.51. The fraction of sp³-hybridized carbons (Fsp3) is 0.538. The molecule has 0 fully saturated rings. The third kappa shape index (κ3) is 4.16. The van der Waals surface area contributed by atoms with Crippen LogP contribution in [0.5, 0.6) is 0 Å². The molecule has 2 nitrogen and oxygen atoms in total. The van der Waals surface area contributed by atoms with Crippen LogP contribution < -0.4 is 0 Å². The van der Waals surface area contributed by atoms with Crippen LogP contribution in [0, 0.1) is 11.8 Å². The molecule has 0 amide bonds. The Morgan fingerprint density at radius 1 is 1.12 bits per heavy atom. The van der Waals surface area contributed by atoms with Crippen LogP contribution in [0.25, 0.3) is 0 Å². The van der Waals surface area contributed by atoms with E-state index in [4.69, 9.17) is 5.11 Å². The summed E-state index contributed by atoms with van der Waals surface area (Å²) in [6.45, 7) is 3.93. The molecule has 0 saturated heterocycles. The third-order valence-electron chi connectivity index (χ3n) is 2.71. The van der Waals surface area contributed by atoms with E-state index in [1.165, 1.54) is 4.90 Å². The molecule has 0 aliphatic rings. The van der Waals surface area contributed by atoms with E-state index in [1.807, 2.05) is 32.0 Å². The second-order valence-corrected chi connectivity index (χ2v) is 5.35. The van der Waals surface area contributed by atoms with Crippen molar-refractivity contribution in [1.82, 2.24) is 0 Å². The summed E-state index contributed by atoms with van der Waals surface area (Å²) in [6, 6.07) is 10.2. The molecule has 0 aromatic heterocycles. The summed E-state index contributed by atoms with van der Waals surface area (Å²) in [5.41, 5.74) is 0. The highest BCUT2D eigenvalue weighted by molar-refractivity contribution is 7.99. The number of aliphatic hydroxyl groups is 2. The Hall–Kier alpha value is -0.510. The maximum absolute atomic E-state index is 9.89. The average Bonchev–Trinajstić information content (AvgIpc) is 2.35. The monoisotopic (exact) mass is 240 g/mol. The minimum absolute atomic E-state index is 0.0432. The van der Waals surface area contributed by atoms with Crippen molar-refractivity contribution in [1.29, 1.82) is 0 Å². The zero-order valence-electron chi connectivity index (χ0n) is 9.84. The molecule has 90 valence electrons. The van der Waals surface area contributed by atoms with Crippen molar-refractivity contribution in [3.05, 3.63) is 30.3 Å². The minimum Gasteiger partial charge on any atom is -0.396 e. The molecular formula is C13H20O2S. The Labute approximate surface area is 102 Å². The lowest BCUT2D eigenvalue weighted by molar-refractivity contribution is 0.0442. The Morgan fingerprint density at radius 3 is 2.31 bits per heavy atom. The van der Waals surface area contributed by atoms with E-state index >= 15 is 0 Å². The summed E-state index contributed by atoms with van der Waals surface area (Å²) >= 11 is 1.74. The van der Waals surface area contributed by atoms with Gasteiger partial charge in [-0.2, -0.15) is 0 Å². The van der Waals surface area contributed by atoms with E-state index in [1.54, 1.807) is 11.8 Å². The maximum atomic E-state index is 9.89. The van der Waals surface area contributed by atoms with E-state index in [-0.39, 0.29) is 18.4 Å². The van der Waals surface area contributed by atoms with Gasteiger partial charge in [0.05, 0.1) is 6.10 Å². The first kappa shape index (κ1) is 13.6. The zero-order chi connectivity index (χ0) is 12.0. The fourth-order valence-electron chi connectivity index (χ4n) is 1.51. The van der Waals surface area contributed by atoms with Gasteiger partial charge in [0.15, 0.2) is 0 Å². The van der Waals surface area contributed by atoms with Crippen LogP contribution in [0.1, 0.15) is 13.8 Å². The normalized spacial score (nSPS) is 16.8. The molecule has 2 N–H and O–H groups in total. The minimum atomic E-state index is -0.429. The first-order valence-electron chi connectivity index (χ1n) is 5.62. The van der Waals surface area contributed by atoms with Gasteiger partial charge in [0.1, 0.15) is 0 Å². The van der Waals surface area contributed by atoms with Crippen molar-refractivity contribution in [3.8, 4) is 0 Å². The van der Waals surface area contributed by atoms with Crippen LogP contribution in [0.15, 0.2) is 35.2 Å². The highest BCUT2D eigenvalue weighted by Gasteiger charge is 2.20. The summed E-state index contributed by atoms with van der Waals surface area (Å²) in [5, 5.41) is 18.9. The Balaban J connectivity index is 2.38. The standard InChI is InChI=1S/C13H20O2S/c1-10(8-14)13(15)11(2)9-16-12-6-4-3-5-7-12/h3-7,10-11,13-15H,8-9H2,1-2H3/t10-,11+,13+/m1/s1. The number of aliphatic hydroxyl groups excluding tert-OH is 2. The van der Waals surface area contributed by atoms with E-state index in [0.29, 0.717) is 0 Å². The SMILES string of the molecule is C[C@H](CO)[C@H](O)[C@@H](C)CSc1ccccc1. The smallest absolute Gasteiger partial charge is 0.0621 e. The molecule has 1 aromatic carbocycles. The predicted molar refractivity (Wildman–Crippen MR) is 68.6 cm³/mol. The number of hydrogen-bond donors (Lipinski definition) is 2. The van der Waals surface area contributed by atoms with Gasteiger partial charge in [-0.05, 0) is 18.1 Å². The highest BCUT2D eigenvalue weighted by atomic mass is 32.2. The van der Waals surface area contributed by atoms with E-state index in [0.717, 1.165) is 5.75 Å². The highest BCUT2D eigenvalue weighted by Crippen LogP contribution is 2.23. The first-order valence-corrected chi connectivity index (χ1v) is 6.60. The number of hydrogen-bond acceptors (Lipinski definition) is 3.